The quantitative estimate of drug-likeness (QED) is 0.478. The van der Waals surface area contributed by atoms with Crippen molar-refractivity contribution in [2.45, 2.75) is 0 Å². The largest absolute Gasteiger partial charge is 0.147 e. The molecule has 0 spiro atoms. The SMILES string of the molecule is Cl.ClC[P](c1ccccc1)(c1ccccc1)c1ccccc1. The summed E-state index contributed by atoms with van der Waals surface area (Å²) in [6, 6.07) is 32.0. The Balaban J connectivity index is 0.00000176. The molecule has 0 aliphatic heterocycles. The fourth-order valence-corrected chi connectivity index (χ4v) is 7.30. The number of benzene rings is 3. The predicted octanol–water partition coefficient (Wildman–Crippen LogP) is 4.60. The molecule has 0 nitrogen and oxygen atoms in total. The number of rotatable bonds is 4. The summed E-state index contributed by atoms with van der Waals surface area (Å²) < 4.78 is 0. The molecule has 0 saturated heterocycles. The average molecular weight is 348 g/mol. The third-order valence-corrected chi connectivity index (χ3v) is 8.74. The monoisotopic (exact) mass is 347 g/mol. The van der Waals surface area contributed by atoms with Gasteiger partial charge in [0.1, 0.15) is 0 Å². The first-order valence-corrected chi connectivity index (χ1v) is 9.49. The molecule has 3 heteroatoms. The van der Waals surface area contributed by atoms with Crippen LogP contribution in [-0.2, 0) is 0 Å². The van der Waals surface area contributed by atoms with E-state index >= 15 is 0 Å². The first-order valence-electron chi connectivity index (χ1n) is 6.99. The molecule has 3 aromatic carbocycles. The third kappa shape index (κ3) is 3.06. The first kappa shape index (κ1) is 17.0. The van der Waals surface area contributed by atoms with Crippen LogP contribution in [0.2, 0.25) is 0 Å². The minimum absolute atomic E-state index is 0. The van der Waals surface area contributed by atoms with Gasteiger partial charge < -0.3 is 0 Å². The second-order valence-corrected chi connectivity index (χ2v) is 9.06. The van der Waals surface area contributed by atoms with Crippen LogP contribution in [0.3, 0.4) is 0 Å². The van der Waals surface area contributed by atoms with Gasteiger partial charge in [0.25, 0.3) is 0 Å². The van der Waals surface area contributed by atoms with E-state index in [0.717, 1.165) is 0 Å². The van der Waals surface area contributed by atoms with Crippen LogP contribution >= 0.6 is 31.3 Å². The number of hydrogen-bond donors (Lipinski definition) is 0. The average Bonchev–Trinajstić information content (AvgIpc) is 2.59. The molecular weight excluding hydrogens is 330 g/mol. The molecule has 0 aromatic heterocycles. The molecule has 0 heterocycles. The van der Waals surface area contributed by atoms with Crippen LogP contribution in [0, 0.1) is 0 Å². The fourth-order valence-electron chi connectivity index (χ4n) is 2.70. The molecule has 22 heavy (non-hydrogen) atoms. The second kappa shape index (κ2) is 7.79. The molecule has 0 unspecified atom stereocenters. The van der Waals surface area contributed by atoms with Gasteiger partial charge >= 0.3 is 0 Å². The van der Waals surface area contributed by atoms with E-state index in [0.29, 0.717) is 5.62 Å². The normalized spacial score (nSPS) is 10.8. The summed E-state index contributed by atoms with van der Waals surface area (Å²) >= 11 is 6.58. The molecule has 1 radical (unpaired) electrons. The van der Waals surface area contributed by atoms with Crippen LogP contribution in [0.5, 0.6) is 0 Å². The molecule has 0 aliphatic rings. The van der Waals surface area contributed by atoms with Gasteiger partial charge in [0, 0.05) is 0 Å². The lowest BCUT2D eigenvalue weighted by Crippen LogP contribution is -2.32. The van der Waals surface area contributed by atoms with Gasteiger partial charge in [-0.2, -0.15) is 0 Å². The van der Waals surface area contributed by atoms with E-state index in [-0.39, 0.29) is 12.4 Å². The van der Waals surface area contributed by atoms with Gasteiger partial charge in [-0.05, 0) is 23.2 Å². The van der Waals surface area contributed by atoms with Crippen molar-refractivity contribution in [3.8, 4) is 0 Å². The smallest absolute Gasteiger partial charge is 0.0504 e. The first-order chi connectivity index (χ1) is 10.4. The molecule has 0 saturated carbocycles. The summed E-state index contributed by atoms with van der Waals surface area (Å²) in [5, 5.41) is 3.99. The fraction of sp³-hybridized carbons (Fsp3) is 0.0526. The van der Waals surface area contributed by atoms with Crippen LogP contribution in [0.1, 0.15) is 0 Å². The molecule has 0 amide bonds. The third-order valence-electron chi connectivity index (χ3n) is 3.77. The van der Waals surface area contributed by atoms with Gasteiger partial charge in [-0.3, -0.25) is 0 Å². The van der Waals surface area contributed by atoms with Crippen molar-refractivity contribution < 1.29 is 0 Å². The zero-order valence-electron chi connectivity index (χ0n) is 12.1. The Kier molecular flexibility index (Phi) is 6.03. The zero-order chi connectivity index (χ0) is 14.5. The van der Waals surface area contributed by atoms with Gasteiger partial charge in [-0.1, -0.05) is 91.0 Å². The van der Waals surface area contributed by atoms with Crippen molar-refractivity contribution >= 4 is 47.2 Å². The van der Waals surface area contributed by atoms with Crippen LogP contribution < -0.4 is 15.9 Å². The van der Waals surface area contributed by atoms with Crippen molar-refractivity contribution in [3.05, 3.63) is 91.0 Å². The van der Waals surface area contributed by atoms with Gasteiger partial charge in [0.15, 0.2) is 0 Å². The Bertz CT molecular complexity index is 588. The van der Waals surface area contributed by atoms with Crippen LogP contribution in [0.15, 0.2) is 91.0 Å². The van der Waals surface area contributed by atoms with Crippen LogP contribution in [-0.4, -0.2) is 5.62 Å². The lowest BCUT2D eigenvalue weighted by molar-refractivity contribution is 1.71. The standard InChI is InChI=1S/C19H17ClP.ClH/c20-16-21(17-10-4-1-5-11-17,18-12-6-2-7-13-18)19-14-8-3-9-15-19;/h1-15H,16H2;1H. The maximum absolute atomic E-state index is 6.58. The van der Waals surface area contributed by atoms with E-state index in [1.54, 1.807) is 0 Å². The number of halogens is 2. The summed E-state index contributed by atoms with van der Waals surface area (Å²) in [5.41, 5.74) is 0.616. The summed E-state index contributed by atoms with van der Waals surface area (Å²) in [6.07, 6.45) is 0. The van der Waals surface area contributed by atoms with Crippen LogP contribution in [0.4, 0.5) is 0 Å². The van der Waals surface area contributed by atoms with E-state index in [1.165, 1.54) is 15.9 Å². The summed E-state index contributed by atoms with van der Waals surface area (Å²) in [6.45, 7) is 0. The minimum Gasteiger partial charge on any atom is -0.147 e. The van der Waals surface area contributed by atoms with Gasteiger partial charge in [-0.25, -0.2) is 0 Å². The van der Waals surface area contributed by atoms with Gasteiger partial charge in [0.05, 0.1) is 5.62 Å². The summed E-state index contributed by atoms with van der Waals surface area (Å²) in [4.78, 5) is 0. The molecule has 3 aromatic rings. The molecule has 113 valence electrons. The van der Waals surface area contributed by atoms with E-state index < -0.39 is 7.26 Å². The highest BCUT2D eigenvalue weighted by molar-refractivity contribution is 7.96. The van der Waals surface area contributed by atoms with Crippen molar-refractivity contribution in [1.29, 1.82) is 0 Å². The zero-order valence-corrected chi connectivity index (χ0v) is 14.6. The Morgan fingerprint density at radius 3 is 1.05 bits per heavy atom. The van der Waals surface area contributed by atoms with Crippen molar-refractivity contribution in [1.82, 2.24) is 0 Å². The van der Waals surface area contributed by atoms with E-state index in [9.17, 15) is 0 Å². The molecule has 0 atom stereocenters. The highest BCUT2D eigenvalue weighted by Crippen LogP contribution is 2.55. The molecule has 3 rings (SSSR count). The lowest BCUT2D eigenvalue weighted by Gasteiger charge is -2.36. The molecule has 0 bridgehead atoms. The number of hydrogen-bond acceptors (Lipinski definition) is 0. The number of alkyl halides is 1. The molecule has 0 N–H and O–H groups in total. The molecule has 0 fully saturated rings. The van der Waals surface area contributed by atoms with Gasteiger partial charge in [-0.15, -0.1) is 24.0 Å². The highest BCUT2D eigenvalue weighted by atomic mass is 35.5. The maximum atomic E-state index is 6.58. The maximum Gasteiger partial charge on any atom is 0.0504 e. The van der Waals surface area contributed by atoms with E-state index in [4.69, 9.17) is 11.6 Å². The van der Waals surface area contributed by atoms with Crippen molar-refractivity contribution in [2.75, 3.05) is 5.62 Å². The Morgan fingerprint density at radius 1 is 0.545 bits per heavy atom. The van der Waals surface area contributed by atoms with Gasteiger partial charge in [0.2, 0.25) is 0 Å². The summed E-state index contributed by atoms with van der Waals surface area (Å²) in [5.74, 6) is 0. The second-order valence-electron chi connectivity index (χ2n) is 4.94. The predicted molar refractivity (Wildman–Crippen MR) is 103 cm³/mol. The lowest BCUT2D eigenvalue weighted by atomic mass is 10.4. The Hall–Kier alpha value is -1.33. The topological polar surface area (TPSA) is 0 Å². The van der Waals surface area contributed by atoms with E-state index in [2.05, 4.69) is 91.0 Å². The Labute approximate surface area is 143 Å². The van der Waals surface area contributed by atoms with Crippen molar-refractivity contribution in [2.24, 2.45) is 0 Å². The highest BCUT2D eigenvalue weighted by Gasteiger charge is 2.32. The van der Waals surface area contributed by atoms with Crippen LogP contribution in [0.25, 0.3) is 0 Å². The summed E-state index contributed by atoms with van der Waals surface area (Å²) in [7, 11) is -1.77. The molecule has 0 aliphatic carbocycles. The van der Waals surface area contributed by atoms with E-state index in [1.807, 2.05) is 0 Å². The van der Waals surface area contributed by atoms with Crippen molar-refractivity contribution in [3.63, 3.8) is 0 Å². The minimum atomic E-state index is -1.77. The Morgan fingerprint density at radius 2 is 0.818 bits per heavy atom. The molecular formula is C19H18Cl2P.